The van der Waals surface area contributed by atoms with Crippen molar-refractivity contribution in [1.82, 2.24) is 20.4 Å². The van der Waals surface area contributed by atoms with Gasteiger partial charge in [0.15, 0.2) is 5.96 Å². The van der Waals surface area contributed by atoms with Crippen molar-refractivity contribution in [2.75, 3.05) is 59.4 Å². The molecule has 1 aliphatic heterocycles. The average Bonchev–Trinajstić information content (AvgIpc) is 2.81. The van der Waals surface area contributed by atoms with Gasteiger partial charge in [0.2, 0.25) is 0 Å². The number of hydrogen-bond donors (Lipinski definition) is 2. The zero-order valence-electron chi connectivity index (χ0n) is 15.6. The number of halogens is 1. The highest BCUT2D eigenvalue weighted by molar-refractivity contribution is 5.79. The maximum atomic E-state index is 12.9. The fraction of sp³-hybridized carbons (Fsp3) is 0.632. The fourth-order valence-corrected chi connectivity index (χ4v) is 2.94. The predicted octanol–water partition coefficient (Wildman–Crippen LogP) is 1.56. The summed E-state index contributed by atoms with van der Waals surface area (Å²) in [6.45, 7) is 10.1. The number of likely N-dealkylation sites (N-methyl/N-ethyl adjacent to an activating group) is 1. The molecule has 1 aromatic rings. The van der Waals surface area contributed by atoms with Crippen LogP contribution >= 0.6 is 0 Å². The van der Waals surface area contributed by atoms with Crippen LogP contribution in [0.1, 0.15) is 18.9 Å². The minimum absolute atomic E-state index is 0.189. The van der Waals surface area contributed by atoms with E-state index in [0.717, 1.165) is 63.8 Å². The van der Waals surface area contributed by atoms with Gasteiger partial charge in [-0.2, -0.15) is 0 Å². The Morgan fingerprint density at radius 3 is 2.68 bits per heavy atom. The van der Waals surface area contributed by atoms with E-state index in [1.165, 1.54) is 25.1 Å². The molecule has 1 saturated heterocycles. The van der Waals surface area contributed by atoms with Crippen LogP contribution in [0.5, 0.6) is 0 Å². The molecule has 6 heteroatoms. The minimum atomic E-state index is -0.189. The number of hydrogen-bond acceptors (Lipinski definition) is 3. The molecule has 0 unspecified atom stereocenters. The van der Waals surface area contributed by atoms with Crippen LogP contribution in [-0.4, -0.2) is 75.2 Å². The summed E-state index contributed by atoms with van der Waals surface area (Å²) in [5.74, 6) is 0.669. The highest BCUT2D eigenvalue weighted by Crippen LogP contribution is 2.03. The number of nitrogens with zero attached hydrogens (tertiary/aromatic N) is 3. The number of rotatable bonds is 7. The van der Waals surface area contributed by atoms with Crippen molar-refractivity contribution < 1.29 is 4.39 Å². The third-order valence-corrected chi connectivity index (χ3v) is 4.46. The third kappa shape index (κ3) is 7.84. The molecule has 1 heterocycles. The van der Waals surface area contributed by atoms with Gasteiger partial charge < -0.3 is 20.4 Å². The molecule has 0 aromatic heterocycles. The molecule has 2 N–H and O–H groups in total. The molecule has 1 fully saturated rings. The second kappa shape index (κ2) is 11.1. The monoisotopic (exact) mass is 349 g/mol. The van der Waals surface area contributed by atoms with E-state index < -0.39 is 0 Å². The van der Waals surface area contributed by atoms with E-state index in [2.05, 4.69) is 39.4 Å². The molecule has 0 aliphatic carbocycles. The average molecular weight is 349 g/mol. The maximum Gasteiger partial charge on any atom is 0.191 e. The van der Waals surface area contributed by atoms with Crippen LogP contribution in [0.4, 0.5) is 4.39 Å². The van der Waals surface area contributed by atoms with Gasteiger partial charge in [0.1, 0.15) is 5.82 Å². The Morgan fingerprint density at radius 1 is 1.12 bits per heavy atom. The highest BCUT2D eigenvalue weighted by atomic mass is 19.1. The lowest BCUT2D eigenvalue weighted by Gasteiger charge is -2.19. The molecular weight excluding hydrogens is 317 g/mol. The Morgan fingerprint density at radius 2 is 1.92 bits per heavy atom. The molecule has 0 atom stereocenters. The summed E-state index contributed by atoms with van der Waals surface area (Å²) in [5.41, 5.74) is 1.12. The second-order valence-electron chi connectivity index (χ2n) is 6.56. The summed E-state index contributed by atoms with van der Waals surface area (Å²) in [4.78, 5) is 9.57. The van der Waals surface area contributed by atoms with Crippen LogP contribution in [0.15, 0.2) is 29.3 Å². The predicted molar refractivity (Wildman–Crippen MR) is 103 cm³/mol. The van der Waals surface area contributed by atoms with E-state index in [1.54, 1.807) is 0 Å². The van der Waals surface area contributed by atoms with Crippen molar-refractivity contribution in [3.63, 3.8) is 0 Å². The summed E-state index contributed by atoms with van der Waals surface area (Å²) in [5, 5.41) is 6.65. The lowest BCUT2D eigenvalue weighted by atomic mass is 10.1. The summed E-state index contributed by atoms with van der Waals surface area (Å²) < 4.78 is 12.9. The fourth-order valence-electron chi connectivity index (χ4n) is 2.94. The van der Waals surface area contributed by atoms with Crippen LogP contribution in [0, 0.1) is 5.82 Å². The summed E-state index contributed by atoms with van der Waals surface area (Å²) in [7, 11) is 2.19. The maximum absolute atomic E-state index is 12.9. The van der Waals surface area contributed by atoms with Crippen molar-refractivity contribution in [3.05, 3.63) is 35.6 Å². The van der Waals surface area contributed by atoms with Gasteiger partial charge in [-0.1, -0.05) is 12.1 Å². The van der Waals surface area contributed by atoms with E-state index in [4.69, 9.17) is 0 Å². The van der Waals surface area contributed by atoms with Crippen molar-refractivity contribution in [1.29, 1.82) is 0 Å². The SMILES string of the molecule is CCNC(=NCCN1CCCN(C)CC1)NCCc1ccc(F)cc1. The van der Waals surface area contributed by atoms with E-state index in [0.29, 0.717) is 0 Å². The van der Waals surface area contributed by atoms with E-state index in [1.807, 2.05) is 12.1 Å². The summed E-state index contributed by atoms with van der Waals surface area (Å²) in [6, 6.07) is 6.68. The van der Waals surface area contributed by atoms with Gasteiger partial charge in [0.25, 0.3) is 0 Å². The van der Waals surface area contributed by atoms with Gasteiger partial charge in [-0.25, -0.2) is 4.39 Å². The van der Waals surface area contributed by atoms with Gasteiger partial charge in [-0.3, -0.25) is 4.99 Å². The Balaban J connectivity index is 1.72. The first-order valence-electron chi connectivity index (χ1n) is 9.35. The number of guanidine groups is 1. The first-order valence-corrected chi connectivity index (χ1v) is 9.35. The van der Waals surface area contributed by atoms with Crippen molar-refractivity contribution in [3.8, 4) is 0 Å². The minimum Gasteiger partial charge on any atom is -0.357 e. The lowest BCUT2D eigenvalue weighted by Crippen LogP contribution is -2.39. The highest BCUT2D eigenvalue weighted by Gasteiger charge is 2.11. The molecular formula is C19H32FN5. The standard InChI is InChI=1S/C19H32FN5/c1-3-21-19(22-10-9-17-5-7-18(20)8-6-17)23-11-14-25-13-4-12-24(2)15-16-25/h5-8H,3-4,9-16H2,1-2H3,(H2,21,22,23). The normalized spacial score (nSPS) is 17.3. The lowest BCUT2D eigenvalue weighted by molar-refractivity contribution is 0.283. The number of aliphatic imine (C=N–C) groups is 1. The van der Waals surface area contributed by atoms with Crippen molar-refractivity contribution in [2.24, 2.45) is 4.99 Å². The molecule has 140 valence electrons. The van der Waals surface area contributed by atoms with E-state index in [-0.39, 0.29) is 5.82 Å². The van der Waals surface area contributed by atoms with Crippen LogP contribution in [-0.2, 0) is 6.42 Å². The second-order valence-corrected chi connectivity index (χ2v) is 6.56. The summed E-state index contributed by atoms with van der Waals surface area (Å²) >= 11 is 0. The largest absolute Gasteiger partial charge is 0.357 e. The molecule has 0 spiro atoms. The molecule has 25 heavy (non-hydrogen) atoms. The van der Waals surface area contributed by atoms with Crippen LogP contribution in [0.25, 0.3) is 0 Å². The van der Waals surface area contributed by atoms with E-state index in [9.17, 15) is 4.39 Å². The Hall–Kier alpha value is -1.66. The van der Waals surface area contributed by atoms with Crippen LogP contribution in [0.2, 0.25) is 0 Å². The molecule has 0 radical (unpaired) electrons. The molecule has 1 aliphatic rings. The first kappa shape index (κ1) is 19.7. The molecule has 2 rings (SSSR count). The quantitative estimate of drug-likeness (QED) is 0.579. The van der Waals surface area contributed by atoms with Gasteiger partial charge in [0.05, 0.1) is 6.54 Å². The van der Waals surface area contributed by atoms with Gasteiger partial charge in [-0.05, 0) is 57.6 Å². The van der Waals surface area contributed by atoms with Crippen LogP contribution in [0.3, 0.4) is 0 Å². The van der Waals surface area contributed by atoms with Gasteiger partial charge in [-0.15, -0.1) is 0 Å². The Kier molecular flexibility index (Phi) is 8.69. The van der Waals surface area contributed by atoms with Crippen molar-refractivity contribution in [2.45, 2.75) is 19.8 Å². The molecule has 0 bridgehead atoms. The third-order valence-electron chi connectivity index (χ3n) is 4.46. The zero-order chi connectivity index (χ0) is 17.9. The molecule has 0 amide bonds. The summed E-state index contributed by atoms with van der Waals surface area (Å²) in [6.07, 6.45) is 2.08. The van der Waals surface area contributed by atoms with Gasteiger partial charge in [0, 0.05) is 32.7 Å². The number of nitrogens with one attached hydrogen (secondary N) is 2. The van der Waals surface area contributed by atoms with E-state index >= 15 is 0 Å². The Labute approximate surface area is 151 Å². The smallest absolute Gasteiger partial charge is 0.191 e. The molecule has 0 saturated carbocycles. The number of benzene rings is 1. The van der Waals surface area contributed by atoms with Crippen molar-refractivity contribution >= 4 is 5.96 Å². The molecule has 1 aromatic carbocycles. The van der Waals surface area contributed by atoms with Gasteiger partial charge >= 0.3 is 0 Å². The zero-order valence-corrected chi connectivity index (χ0v) is 15.6. The van der Waals surface area contributed by atoms with Crippen LogP contribution < -0.4 is 10.6 Å². The topological polar surface area (TPSA) is 42.9 Å². The first-order chi connectivity index (χ1) is 12.2. The Bertz CT molecular complexity index is 517. The molecule has 5 nitrogen and oxygen atoms in total.